The summed E-state index contributed by atoms with van der Waals surface area (Å²) in [6.07, 6.45) is 4.43. The van der Waals surface area contributed by atoms with E-state index in [2.05, 4.69) is 4.98 Å². The molecule has 0 unspecified atom stereocenters. The van der Waals surface area contributed by atoms with Gasteiger partial charge in [0.15, 0.2) is 0 Å². The van der Waals surface area contributed by atoms with Crippen molar-refractivity contribution in [2.45, 2.75) is 32.7 Å². The normalized spacial score (nSPS) is 15.1. The number of aromatic carboxylic acids is 1. The quantitative estimate of drug-likeness (QED) is 0.917. The first kappa shape index (κ1) is 15.7. The van der Waals surface area contributed by atoms with Gasteiger partial charge in [0.05, 0.1) is 11.7 Å². The van der Waals surface area contributed by atoms with Crippen LogP contribution < -0.4 is 5.56 Å². The average molecular weight is 335 g/mol. The van der Waals surface area contributed by atoms with Crippen LogP contribution in [0.1, 0.15) is 34.5 Å². The van der Waals surface area contributed by atoms with Gasteiger partial charge in [-0.3, -0.25) is 14.2 Å². The molecule has 0 atom stereocenters. The maximum Gasteiger partial charge on any atom is 0.346 e. The number of piperidine rings is 1. The van der Waals surface area contributed by atoms with Crippen LogP contribution in [0.3, 0.4) is 0 Å². The van der Waals surface area contributed by atoms with Crippen molar-refractivity contribution in [2.24, 2.45) is 0 Å². The Morgan fingerprint density at radius 1 is 1.30 bits per heavy atom. The summed E-state index contributed by atoms with van der Waals surface area (Å²) < 4.78 is 1.27. The molecule has 2 aromatic rings. The average Bonchev–Trinajstić information content (AvgIpc) is 2.89. The lowest BCUT2D eigenvalue weighted by atomic mass is 10.1. The molecule has 1 aliphatic rings. The van der Waals surface area contributed by atoms with Crippen LogP contribution in [0, 0.1) is 6.92 Å². The van der Waals surface area contributed by atoms with E-state index < -0.39 is 5.97 Å². The highest BCUT2D eigenvalue weighted by molar-refractivity contribution is 7.20. The predicted molar refractivity (Wildman–Crippen MR) is 86.0 cm³/mol. The Kier molecular flexibility index (Phi) is 4.16. The number of amides is 1. The summed E-state index contributed by atoms with van der Waals surface area (Å²) in [4.78, 5) is 42.5. The van der Waals surface area contributed by atoms with E-state index in [9.17, 15) is 14.4 Å². The van der Waals surface area contributed by atoms with Crippen LogP contribution in [-0.2, 0) is 11.3 Å². The second-order valence-corrected chi connectivity index (χ2v) is 6.66. The molecule has 1 saturated heterocycles. The van der Waals surface area contributed by atoms with Crippen molar-refractivity contribution >= 4 is 33.4 Å². The Balaban J connectivity index is 1.94. The van der Waals surface area contributed by atoms with Crippen LogP contribution in [0.25, 0.3) is 10.2 Å². The molecular formula is C15H17N3O4S. The number of thiophene rings is 1. The summed E-state index contributed by atoms with van der Waals surface area (Å²) >= 11 is 0.982. The van der Waals surface area contributed by atoms with Crippen LogP contribution in [0.2, 0.25) is 0 Å². The van der Waals surface area contributed by atoms with Crippen molar-refractivity contribution in [3.63, 3.8) is 0 Å². The number of likely N-dealkylation sites (tertiary alicyclic amines) is 1. The standard InChI is InChI=1S/C15H17N3O4S/c1-9-11-13(23-12(9)15(21)22)16-8-18(14(11)20)7-10(19)17-5-3-2-4-6-17/h8H,2-7H2,1H3,(H,21,22). The third kappa shape index (κ3) is 2.86. The minimum atomic E-state index is -1.07. The van der Waals surface area contributed by atoms with Gasteiger partial charge >= 0.3 is 5.97 Å². The van der Waals surface area contributed by atoms with Crippen molar-refractivity contribution in [3.05, 3.63) is 27.1 Å². The van der Waals surface area contributed by atoms with E-state index in [-0.39, 0.29) is 22.9 Å². The number of hydrogen-bond donors (Lipinski definition) is 1. The lowest BCUT2D eigenvalue weighted by molar-refractivity contribution is -0.132. The first-order valence-corrected chi connectivity index (χ1v) is 8.30. The van der Waals surface area contributed by atoms with Crippen LogP contribution in [0.15, 0.2) is 11.1 Å². The molecule has 0 saturated carbocycles. The van der Waals surface area contributed by atoms with Crippen LogP contribution in [-0.4, -0.2) is 44.5 Å². The fourth-order valence-corrected chi connectivity index (χ4v) is 3.84. The summed E-state index contributed by atoms with van der Waals surface area (Å²) in [6.45, 7) is 3.00. The Labute approximate surface area is 136 Å². The molecule has 0 spiro atoms. The Bertz CT molecular complexity index is 833. The number of nitrogens with zero attached hydrogens (tertiary/aromatic N) is 3. The van der Waals surface area contributed by atoms with Gasteiger partial charge in [0.1, 0.15) is 16.3 Å². The van der Waals surface area contributed by atoms with Crippen LogP contribution in [0.5, 0.6) is 0 Å². The zero-order valence-electron chi connectivity index (χ0n) is 12.7. The minimum Gasteiger partial charge on any atom is -0.477 e. The molecule has 8 heteroatoms. The highest BCUT2D eigenvalue weighted by atomic mass is 32.1. The highest BCUT2D eigenvalue weighted by Gasteiger charge is 2.21. The molecular weight excluding hydrogens is 318 g/mol. The summed E-state index contributed by atoms with van der Waals surface area (Å²) in [5.74, 6) is -1.17. The number of fused-ring (bicyclic) bond motifs is 1. The second-order valence-electron chi connectivity index (χ2n) is 5.66. The number of carboxylic acid groups (broad SMARTS) is 1. The number of aryl methyl sites for hydroxylation is 1. The predicted octanol–water partition coefficient (Wildman–Crippen LogP) is 1.48. The number of hydrogen-bond acceptors (Lipinski definition) is 5. The maximum atomic E-state index is 12.6. The van der Waals surface area contributed by atoms with Gasteiger partial charge in [-0.15, -0.1) is 11.3 Å². The molecule has 1 N–H and O–H groups in total. The zero-order chi connectivity index (χ0) is 16.6. The molecule has 2 aromatic heterocycles. The van der Waals surface area contributed by atoms with E-state index in [1.165, 1.54) is 10.9 Å². The second kappa shape index (κ2) is 6.11. The maximum absolute atomic E-state index is 12.6. The Hall–Kier alpha value is -2.22. The lowest BCUT2D eigenvalue weighted by Crippen LogP contribution is -2.39. The fourth-order valence-electron chi connectivity index (χ4n) is 2.86. The van der Waals surface area contributed by atoms with Gasteiger partial charge in [0.25, 0.3) is 5.56 Å². The summed E-state index contributed by atoms with van der Waals surface area (Å²) in [7, 11) is 0. The first-order chi connectivity index (χ1) is 11.0. The zero-order valence-corrected chi connectivity index (χ0v) is 13.6. The summed E-state index contributed by atoms with van der Waals surface area (Å²) in [5, 5.41) is 9.45. The topological polar surface area (TPSA) is 92.5 Å². The monoisotopic (exact) mass is 335 g/mol. The number of carbonyl (C=O) groups excluding carboxylic acids is 1. The van der Waals surface area contributed by atoms with Gasteiger partial charge in [-0.25, -0.2) is 9.78 Å². The molecule has 23 heavy (non-hydrogen) atoms. The van der Waals surface area contributed by atoms with Gasteiger partial charge in [-0.2, -0.15) is 0 Å². The number of aromatic nitrogens is 2. The van der Waals surface area contributed by atoms with E-state index in [0.717, 1.165) is 43.7 Å². The molecule has 0 bridgehead atoms. The van der Waals surface area contributed by atoms with Gasteiger partial charge in [-0.1, -0.05) is 0 Å². The Morgan fingerprint density at radius 2 is 2.00 bits per heavy atom. The van der Waals surface area contributed by atoms with Crippen LogP contribution in [0.4, 0.5) is 0 Å². The summed E-state index contributed by atoms with van der Waals surface area (Å²) in [6, 6.07) is 0. The molecule has 1 amide bonds. The summed E-state index contributed by atoms with van der Waals surface area (Å²) in [5.41, 5.74) is 0.0522. The van der Waals surface area contributed by atoms with E-state index in [4.69, 9.17) is 5.11 Å². The van der Waals surface area contributed by atoms with Gasteiger partial charge in [0.2, 0.25) is 5.91 Å². The number of carbonyl (C=O) groups is 2. The van der Waals surface area contributed by atoms with E-state index in [1.807, 2.05) is 0 Å². The SMILES string of the molecule is Cc1c(C(=O)O)sc2ncn(CC(=O)N3CCCCC3)c(=O)c12. The smallest absolute Gasteiger partial charge is 0.346 e. The Morgan fingerprint density at radius 3 is 2.65 bits per heavy atom. The highest BCUT2D eigenvalue weighted by Crippen LogP contribution is 2.26. The third-order valence-electron chi connectivity index (χ3n) is 4.13. The van der Waals surface area contributed by atoms with Crippen LogP contribution >= 0.6 is 11.3 Å². The number of rotatable bonds is 3. The molecule has 1 aliphatic heterocycles. The molecule has 1 fully saturated rings. The fraction of sp³-hybridized carbons (Fsp3) is 0.467. The molecule has 0 aliphatic carbocycles. The van der Waals surface area contributed by atoms with Crippen molar-refractivity contribution in [2.75, 3.05) is 13.1 Å². The molecule has 7 nitrogen and oxygen atoms in total. The van der Waals surface area contributed by atoms with Gasteiger partial charge in [0, 0.05) is 13.1 Å². The van der Waals surface area contributed by atoms with Crippen molar-refractivity contribution in [3.8, 4) is 0 Å². The van der Waals surface area contributed by atoms with E-state index >= 15 is 0 Å². The molecule has 0 aromatic carbocycles. The first-order valence-electron chi connectivity index (χ1n) is 7.48. The lowest BCUT2D eigenvalue weighted by Gasteiger charge is -2.26. The van der Waals surface area contributed by atoms with Crippen molar-refractivity contribution in [1.82, 2.24) is 14.5 Å². The molecule has 3 heterocycles. The largest absolute Gasteiger partial charge is 0.477 e. The van der Waals surface area contributed by atoms with Crippen molar-refractivity contribution in [1.29, 1.82) is 0 Å². The van der Waals surface area contributed by atoms with Gasteiger partial charge in [-0.05, 0) is 31.7 Å². The molecule has 122 valence electrons. The number of carboxylic acids is 1. The van der Waals surface area contributed by atoms with Gasteiger partial charge < -0.3 is 10.0 Å². The minimum absolute atomic E-state index is 0.0561. The third-order valence-corrected chi connectivity index (χ3v) is 5.31. The van der Waals surface area contributed by atoms with E-state index in [1.54, 1.807) is 11.8 Å². The molecule has 0 radical (unpaired) electrons. The molecule has 3 rings (SSSR count). The van der Waals surface area contributed by atoms with E-state index in [0.29, 0.717) is 15.8 Å². The van der Waals surface area contributed by atoms with Crippen molar-refractivity contribution < 1.29 is 14.7 Å².